The van der Waals surface area contributed by atoms with Crippen molar-refractivity contribution < 1.29 is 4.42 Å². The third-order valence-corrected chi connectivity index (χ3v) is 16.6. The van der Waals surface area contributed by atoms with Crippen LogP contribution in [-0.4, -0.2) is 15.9 Å². The van der Waals surface area contributed by atoms with Crippen LogP contribution in [-0.2, 0) is 32.5 Å². The topological polar surface area (TPSA) is 26.2 Å². The van der Waals surface area contributed by atoms with Crippen LogP contribution in [0.2, 0.25) is 0 Å². The molecule has 0 saturated heterocycles. The Balaban J connectivity index is 1.34. The van der Waals surface area contributed by atoms with Gasteiger partial charge in [-0.25, -0.2) is 0 Å². The van der Waals surface area contributed by atoms with E-state index in [1.54, 1.807) is 0 Å². The first kappa shape index (κ1) is 47.5. The van der Waals surface area contributed by atoms with Crippen molar-refractivity contribution in [1.82, 2.24) is 9.05 Å². The summed E-state index contributed by atoms with van der Waals surface area (Å²) in [5.41, 5.74) is 22.7. The highest BCUT2D eigenvalue weighted by Gasteiger charge is 2.48. The Labute approximate surface area is 434 Å². The quantitative estimate of drug-likeness (QED) is 0.161. The number of hydrogen-bond acceptors (Lipinski definition) is 2. The molecular weight excluding hydrogens is 886 g/mol. The first-order valence-electron chi connectivity index (χ1n) is 26.9. The van der Waals surface area contributed by atoms with Gasteiger partial charge in [0, 0.05) is 66.2 Å². The summed E-state index contributed by atoms with van der Waals surface area (Å²) in [6, 6.07) is 47.6. The Morgan fingerprint density at radius 2 is 0.945 bits per heavy atom. The maximum absolute atomic E-state index is 7.84. The fourth-order valence-corrected chi connectivity index (χ4v) is 12.3. The molecule has 370 valence electrons. The van der Waals surface area contributed by atoms with Crippen LogP contribution in [0.1, 0.15) is 158 Å². The van der Waals surface area contributed by atoms with Crippen LogP contribution in [0.25, 0.3) is 71.4 Å². The van der Waals surface area contributed by atoms with E-state index in [1.165, 1.54) is 105 Å². The Morgan fingerprint density at radius 3 is 1.52 bits per heavy atom. The standard InChI is InChI=1S/C68H74BN3O/c1-63(2,3)39-24-28-45(29-25-39)71-55-37-43(67(13,14)15)34-46-47-38-54-56(48-32-40(64(4,5)6)26-30-52(48)70(54)44-22-20-19-21-23-44)57-49-33-41(65(7,8)9)27-31-53(49)72(59(47)57)69(58(46)55)62-60(71)50-35-42(66(10,11)12)36-51(61(50)73-62)68(16,17)18/h19-38H,1-18H3. The van der Waals surface area contributed by atoms with E-state index >= 15 is 0 Å². The summed E-state index contributed by atoms with van der Waals surface area (Å²) in [5.74, 6) is 0. The summed E-state index contributed by atoms with van der Waals surface area (Å²) in [7, 11) is 0. The molecule has 0 fully saturated rings. The van der Waals surface area contributed by atoms with E-state index in [0.717, 1.165) is 28.3 Å². The molecule has 7 aromatic carbocycles. The highest BCUT2D eigenvalue weighted by molar-refractivity contribution is 6.89. The minimum atomic E-state index is -0.254. The van der Waals surface area contributed by atoms with Crippen molar-refractivity contribution in [3.63, 3.8) is 0 Å². The van der Waals surface area contributed by atoms with Crippen LogP contribution >= 0.6 is 0 Å². The molecule has 0 unspecified atom stereocenters. The van der Waals surface area contributed by atoms with Crippen molar-refractivity contribution >= 4 is 89.6 Å². The van der Waals surface area contributed by atoms with Gasteiger partial charge in [-0.05, 0) is 138 Å². The number of rotatable bonds is 2. The lowest BCUT2D eigenvalue weighted by Gasteiger charge is -2.39. The number of aromatic nitrogens is 2. The second kappa shape index (κ2) is 15.1. The van der Waals surface area contributed by atoms with E-state index in [1.807, 2.05) is 0 Å². The highest BCUT2D eigenvalue weighted by Crippen LogP contribution is 2.53. The van der Waals surface area contributed by atoms with E-state index < -0.39 is 0 Å². The maximum atomic E-state index is 7.84. The molecule has 4 nitrogen and oxygen atoms in total. The molecule has 5 heteroatoms. The Kier molecular flexibility index (Phi) is 9.82. The molecule has 10 aromatic rings. The molecular formula is C68H74BN3O. The third-order valence-electron chi connectivity index (χ3n) is 16.6. The second-order valence-corrected chi connectivity index (χ2v) is 28.0. The van der Waals surface area contributed by atoms with Crippen molar-refractivity contribution in [2.24, 2.45) is 0 Å². The van der Waals surface area contributed by atoms with Crippen LogP contribution in [0.3, 0.4) is 0 Å². The van der Waals surface area contributed by atoms with E-state index in [0.29, 0.717) is 0 Å². The van der Waals surface area contributed by atoms with Crippen LogP contribution < -0.4 is 16.0 Å². The summed E-state index contributed by atoms with van der Waals surface area (Å²) in [5, 5.41) is 6.37. The molecule has 2 aliphatic heterocycles. The summed E-state index contributed by atoms with van der Waals surface area (Å²) in [4.78, 5) is 2.59. The zero-order valence-corrected chi connectivity index (χ0v) is 46.9. The van der Waals surface area contributed by atoms with Gasteiger partial charge >= 0.3 is 6.85 Å². The van der Waals surface area contributed by atoms with Crippen LogP contribution in [0.5, 0.6) is 0 Å². The van der Waals surface area contributed by atoms with Crippen molar-refractivity contribution in [3.05, 3.63) is 155 Å². The van der Waals surface area contributed by atoms with Gasteiger partial charge in [0.1, 0.15) is 11.2 Å². The molecule has 0 aliphatic carbocycles. The van der Waals surface area contributed by atoms with E-state index in [2.05, 4.69) is 260 Å². The Hall–Kier alpha value is -6.46. The van der Waals surface area contributed by atoms with Gasteiger partial charge in [0.2, 0.25) is 0 Å². The van der Waals surface area contributed by atoms with Gasteiger partial charge in [-0.3, -0.25) is 0 Å². The van der Waals surface area contributed by atoms with Crippen molar-refractivity contribution in [2.45, 2.75) is 157 Å². The number of fused-ring (bicyclic) bond motifs is 13. The van der Waals surface area contributed by atoms with Crippen molar-refractivity contribution in [3.8, 4) is 16.8 Å². The molecule has 0 spiro atoms. The molecule has 2 aliphatic rings. The average molecular weight is 960 g/mol. The minimum absolute atomic E-state index is 0.00678. The number of furan rings is 1. The number of anilines is 3. The third kappa shape index (κ3) is 7.07. The Morgan fingerprint density at radius 1 is 0.411 bits per heavy atom. The van der Waals surface area contributed by atoms with Gasteiger partial charge in [-0.1, -0.05) is 179 Å². The van der Waals surface area contributed by atoms with Gasteiger partial charge in [0.05, 0.1) is 16.7 Å². The Bertz CT molecular complexity index is 3940. The summed E-state index contributed by atoms with van der Waals surface area (Å²) >= 11 is 0. The van der Waals surface area contributed by atoms with Gasteiger partial charge in [-0.15, -0.1) is 0 Å². The molecule has 0 radical (unpaired) electrons. The highest BCUT2D eigenvalue weighted by atomic mass is 16.3. The fraction of sp³-hybridized carbons (Fsp3) is 0.353. The SMILES string of the molecule is CC(C)(C)c1ccc(N2c3cc(C(C)(C)C)cc4c3B(c3oc5c(C(C)(C)C)cc(C(C)(C)C)cc5c32)n2c3ccc(C(C)(C)C)cc3c3c5c6cc(C(C)(C)C)ccc6n(-c6ccccc6)c5cc-4c32)cc1. The number of para-hydroxylation sites is 1. The number of nitrogens with zero attached hydrogens (tertiary/aromatic N) is 3. The zero-order chi connectivity index (χ0) is 52.0. The smallest absolute Gasteiger partial charge is 0.375 e. The first-order chi connectivity index (χ1) is 34.0. The fourth-order valence-electron chi connectivity index (χ4n) is 12.3. The van der Waals surface area contributed by atoms with Gasteiger partial charge in [0.25, 0.3) is 0 Å². The van der Waals surface area contributed by atoms with Crippen LogP contribution in [0.4, 0.5) is 17.1 Å². The van der Waals surface area contributed by atoms with Crippen molar-refractivity contribution in [2.75, 3.05) is 4.90 Å². The second-order valence-electron chi connectivity index (χ2n) is 28.0. The van der Waals surface area contributed by atoms with E-state index in [4.69, 9.17) is 4.42 Å². The van der Waals surface area contributed by atoms with E-state index in [-0.39, 0.29) is 39.3 Å². The molecule has 3 aromatic heterocycles. The summed E-state index contributed by atoms with van der Waals surface area (Å²) in [6.07, 6.45) is 0. The van der Waals surface area contributed by atoms with E-state index in [9.17, 15) is 0 Å². The van der Waals surface area contributed by atoms with Gasteiger partial charge in [0.15, 0.2) is 0 Å². The molecule has 73 heavy (non-hydrogen) atoms. The lowest BCUT2D eigenvalue weighted by atomic mass is 9.47. The van der Waals surface area contributed by atoms with Crippen molar-refractivity contribution in [1.29, 1.82) is 0 Å². The lowest BCUT2D eigenvalue weighted by Crippen LogP contribution is -2.56. The van der Waals surface area contributed by atoms with Gasteiger partial charge in [-0.2, -0.15) is 0 Å². The number of hydrogen-bond donors (Lipinski definition) is 0. The average Bonchev–Trinajstić information content (AvgIpc) is 3.96. The molecule has 0 bridgehead atoms. The molecule has 0 N–H and O–H groups in total. The summed E-state index contributed by atoms with van der Waals surface area (Å²) < 4.78 is 13.1. The summed E-state index contributed by atoms with van der Waals surface area (Å²) in [6.45, 7) is 41.9. The maximum Gasteiger partial charge on any atom is 0.375 e. The monoisotopic (exact) mass is 960 g/mol. The predicted molar refractivity (Wildman–Crippen MR) is 316 cm³/mol. The van der Waals surface area contributed by atoms with Gasteiger partial charge < -0.3 is 18.4 Å². The molecule has 12 rings (SSSR count). The largest absolute Gasteiger partial charge is 0.466 e. The van der Waals surface area contributed by atoms with Crippen LogP contribution in [0.15, 0.2) is 126 Å². The molecule has 5 heterocycles. The van der Waals surface area contributed by atoms with Crippen LogP contribution in [0, 0.1) is 0 Å². The normalized spacial score (nSPS) is 14.4. The molecule has 0 saturated carbocycles. The minimum Gasteiger partial charge on any atom is -0.466 e. The predicted octanol–water partition coefficient (Wildman–Crippen LogP) is 17.8. The molecule has 0 atom stereocenters. The zero-order valence-electron chi connectivity index (χ0n) is 46.9. The number of benzene rings is 7. The first-order valence-corrected chi connectivity index (χ1v) is 26.9. The lowest BCUT2D eigenvalue weighted by molar-refractivity contribution is 0.557. The molecule has 0 amide bonds.